The topological polar surface area (TPSA) is 46.6 Å². The average molecular weight is 221 g/mol. The van der Waals surface area contributed by atoms with Gasteiger partial charge in [0.1, 0.15) is 0 Å². The van der Waals surface area contributed by atoms with E-state index in [4.69, 9.17) is 0 Å². The van der Waals surface area contributed by atoms with Gasteiger partial charge in [-0.3, -0.25) is 4.79 Å². The van der Waals surface area contributed by atoms with E-state index >= 15 is 0 Å². The van der Waals surface area contributed by atoms with Gasteiger partial charge in [-0.2, -0.15) is 0 Å². The Morgan fingerprint density at radius 3 is 2.25 bits per heavy atom. The highest BCUT2D eigenvalue weighted by atomic mass is 16.5. The summed E-state index contributed by atoms with van der Waals surface area (Å²) in [5.41, 5.74) is 1.86. The smallest absolute Gasteiger partial charge is 0.397 e. The number of amides is 1. The van der Waals surface area contributed by atoms with Crippen LogP contribution in [-0.2, 0) is 20.7 Å². The molecular weight excluding hydrogens is 206 g/mol. The molecular formula is C12H15NO3. The molecule has 1 amide bonds. The fourth-order valence-electron chi connectivity index (χ4n) is 1.30. The van der Waals surface area contributed by atoms with E-state index in [1.54, 1.807) is 19.2 Å². The Morgan fingerprint density at radius 2 is 1.81 bits per heavy atom. The van der Waals surface area contributed by atoms with Crippen molar-refractivity contribution in [1.82, 2.24) is 0 Å². The van der Waals surface area contributed by atoms with Crippen LogP contribution in [0.4, 0.5) is 5.69 Å². The lowest BCUT2D eigenvalue weighted by atomic mass is 10.1. The molecule has 0 spiro atoms. The Labute approximate surface area is 94.8 Å². The van der Waals surface area contributed by atoms with Crippen LogP contribution in [0.3, 0.4) is 0 Å². The minimum Gasteiger partial charge on any atom is -0.462 e. The molecule has 0 aliphatic carbocycles. The van der Waals surface area contributed by atoms with Crippen molar-refractivity contribution in [3.05, 3.63) is 29.8 Å². The van der Waals surface area contributed by atoms with Crippen LogP contribution in [0, 0.1) is 0 Å². The molecule has 0 unspecified atom stereocenters. The number of hydrogen-bond acceptors (Lipinski definition) is 3. The first-order chi connectivity index (χ1) is 7.60. The van der Waals surface area contributed by atoms with Crippen molar-refractivity contribution in [3.8, 4) is 0 Å². The van der Waals surface area contributed by atoms with Gasteiger partial charge in [0, 0.05) is 12.7 Å². The van der Waals surface area contributed by atoms with Crippen LogP contribution in [0.15, 0.2) is 24.3 Å². The van der Waals surface area contributed by atoms with Gasteiger partial charge in [0.15, 0.2) is 0 Å². The highest BCUT2D eigenvalue weighted by Gasteiger charge is 2.20. The molecule has 0 N–H and O–H groups in total. The van der Waals surface area contributed by atoms with Gasteiger partial charge >= 0.3 is 11.9 Å². The Morgan fingerprint density at radius 1 is 1.25 bits per heavy atom. The SMILES string of the molecule is CCc1ccc(N(C)C(=O)C(=O)OC)cc1. The molecule has 4 heteroatoms. The van der Waals surface area contributed by atoms with Crippen molar-refractivity contribution in [3.63, 3.8) is 0 Å². The van der Waals surface area contributed by atoms with Gasteiger partial charge in [-0.1, -0.05) is 19.1 Å². The molecule has 1 rings (SSSR count). The fraction of sp³-hybridized carbons (Fsp3) is 0.333. The fourth-order valence-corrected chi connectivity index (χ4v) is 1.30. The van der Waals surface area contributed by atoms with Crippen LogP contribution < -0.4 is 4.90 Å². The Balaban J connectivity index is 2.83. The number of nitrogens with zero attached hydrogens (tertiary/aromatic N) is 1. The number of aryl methyl sites for hydroxylation is 1. The van der Waals surface area contributed by atoms with Crippen LogP contribution in [-0.4, -0.2) is 26.0 Å². The summed E-state index contributed by atoms with van der Waals surface area (Å²) in [5.74, 6) is -1.53. The van der Waals surface area contributed by atoms with Crippen molar-refractivity contribution < 1.29 is 14.3 Å². The second-order valence-electron chi connectivity index (χ2n) is 3.38. The summed E-state index contributed by atoms with van der Waals surface area (Å²) in [6.07, 6.45) is 0.939. The number of carbonyl (C=O) groups excluding carboxylic acids is 2. The first-order valence-electron chi connectivity index (χ1n) is 5.05. The molecule has 86 valence electrons. The standard InChI is InChI=1S/C12H15NO3/c1-4-9-5-7-10(8-6-9)13(2)11(14)12(15)16-3/h5-8H,4H2,1-3H3. The molecule has 0 radical (unpaired) electrons. The van der Waals surface area contributed by atoms with Crippen LogP contribution in [0.2, 0.25) is 0 Å². The second-order valence-corrected chi connectivity index (χ2v) is 3.38. The van der Waals surface area contributed by atoms with E-state index in [2.05, 4.69) is 11.7 Å². The van der Waals surface area contributed by atoms with Crippen molar-refractivity contribution in [2.45, 2.75) is 13.3 Å². The predicted molar refractivity (Wildman–Crippen MR) is 61.2 cm³/mol. The zero-order chi connectivity index (χ0) is 12.1. The van der Waals surface area contributed by atoms with Crippen LogP contribution in [0.25, 0.3) is 0 Å². The number of methoxy groups -OCH3 is 1. The maximum Gasteiger partial charge on any atom is 0.397 e. The Bertz CT molecular complexity index is 384. The summed E-state index contributed by atoms with van der Waals surface area (Å²) in [4.78, 5) is 23.8. The number of rotatable bonds is 2. The third-order valence-electron chi connectivity index (χ3n) is 2.40. The second kappa shape index (κ2) is 5.30. The molecule has 0 aromatic heterocycles. The number of likely N-dealkylation sites (N-methyl/N-ethyl adjacent to an activating group) is 1. The van der Waals surface area contributed by atoms with E-state index in [1.165, 1.54) is 17.6 Å². The maximum absolute atomic E-state index is 11.5. The molecule has 0 fully saturated rings. The summed E-state index contributed by atoms with van der Waals surface area (Å²) in [6, 6.07) is 7.46. The van der Waals surface area contributed by atoms with Crippen molar-refractivity contribution >= 4 is 17.6 Å². The Kier molecular flexibility index (Phi) is 4.05. The average Bonchev–Trinajstić information content (AvgIpc) is 2.36. The number of anilines is 1. The molecule has 0 aliphatic rings. The lowest BCUT2D eigenvalue weighted by Gasteiger charge is -2.15. The first-order valence-corrected chi connectivity index (χ1v) is 5.05. The highest BCUT2D eigenvalue weighted by Crippen LogP contribution is 2.14. The largest absolute Gasteiger partial charge is 0.462 e. The monoisotopic (exact) mass is 221 g/mol. The van der Waals surface area contributed by atoms with Crippen LogP contribution in [0.5, 0.6) is 0 Å². The molecule has 0 aliphatic heterocycles. The maximum atomic E-state index is 11.5. The van der Waals surface area contributed by atoms with Gasteiger partial charge in [0.2, 0.25) is 0 Å². The van der Waals surface area contributed by atoms with Gasteiger partial charge in [0.05, 0.1) is 7.11 Å². The summed E-state index contributed by atoms with van der Waals surface area (Å²) in [6.45, 7) is 2.05. The third kappa shape index (κ3) is 2.59. The molecule has 0 heterocycles. The van der Waals surface area contributed by atoms with E-state index in [1.807, 2.05) is 12.1 Å². The molecule has 0 atom stereocenters. The predicted octanol–water partition coefficient (Wildman–Crippen LogP) is 1.38. The lowest BCUT2D eigenvalue weighted by Crippen LogP contribution is -2.33. The molecule has 0 saturated heterocycles. The molecule has 4 nitrogen and oxygen atoms in total. The number of esters is 1. The van der Waals surface area contributed by atoms with E-state index in [0.29, 0.717) is 5.69 Å². The van der Waals surface area contributed by atoms with Crippen LogP contribution >= 0.6 is 0 Å². The first kappa shape index (κ1) is 12.2. The molecule has 0 bridgehead atoms. The van der Waals surface area contributed by atoms with Gasteiger partial charge in [-0.15, -0.1) is 0 Å². The zero-order valence-corrected chi connectivity index (χ0v) is 9.69. The zero-order valence-electron chi connectivity index (χ0n) is 9.69. The van der Waals surface area contributed by atoms with E-state index in [9.17, 15) is 9.59 Å². The van der Waals surface area contributed by atoms with Crippen molar-refractivity contribution in [2.24, 2.45) is 0 Å². The number of hydrogen-bond donors (Lipinski definition) is 0. The molecule has 16 heavy (non-hydrogen) atoms. The summed E-state index contributed by atoms with van der Waals surface area (Å²) in [5, 5.41) is 0. The van der Waals surface area contributed by atoms with Crippen LogP contribution in [0.1, 0.15) is 12.5 Å². The van der Waals surface area contributed by atoms with E-state index in [-0.39, 0.29) is 0 Å². The lowest BCUT2D eigenvalue weighted by molar-refractivity contribution is -0.151. The summed E-state index contributed by atoms with van der Waals surface area (Å²) >= 11 is 0. The molecule has 0 saturated carbocycles. The van der Waals surface area contributed by atoms with Crippen molar-refractivity contribution in [2.75, 3.05) is 19.1 Å². The normalized spacial score (nSPS) is 9.69. The van der Waals surface area contributed by atoms with Gasteiger partial charge in [-0.25, -0.2) is 4.79 Å². The van der Waals surface area contributed by atoms with Crippen molar-refractivity contribution in [1.29, 1.82) is 0 Å². The summed E-state index contributed by atoms with van der Waals surface area (Å²) < 4.78 is 4.37. The highest BCUT2D eigenvalue weighted by molar-refractivity contribution is 6.37. The number of benzene rings is 1. The minimum absolute atomic E-state index is 0.674. The van der Waals surface area contributed by atoms with Gasteiger partial charge in [-0.05, 0) is 24.1 Å². The van der Waals surface area contributed by atoms with E-state index < -0.39 is 11.9 Å². The molecule has 1 aromatic rings. The Hall–Kier alpha value is -1.84. The van der Waals surface area contributed by atoms with Gasteiger partial charge < -0.3 is 9.64 Å². The minimum atomic E-state index is -0.859. The quantitative estimate of drug-likeness (QED) is 0.560. The third-order valence-corrected chi connectivity index (χ3v) is 2.40. The number of carbonyl (C=O) groups is 2. The molecule has 1 aromatic carbocycles. The summed E-state index contributed by atoms with van der Waals surface area (Å²) in [7, 11) is 2.73. The number of ether oxygens (including phenoxy) is 1. The van der Waals surface area contributed by atoms with Gasteiger partial charge in [0.25, 0.3) is 0 Å². The van der Waals surface area contributed by atoms with E-state index in [0.717, 1.165) is 6.42 Å².